The fraction of sp³-hybridized carbons (Fsp3) is 0.804. The summed E-state index contributed by atoms with van der Waals surface area (Å²) in [6.07, 6.45) is 0.198. The van der Waals surface area contributed by atoms with E-state index in [0.717, 1.165) is 24.4 Å². The molecule has 1 aromatic rings. The van der Waals surface area contributed by atoms with Crippen LogP contribution in [0.4, 0.5) is 4.79 Å². The van der Waals surface area contributed by atoms with Crippen molar-refractivity contribution in [3.8, 4) is 0 Å². The molecule has 4 fully saturated rings. The first kappa shape index (κ1) is 54.0. The molecular weight excluding hydrogens is 859 g/mol. The predicted octanol–water partition coefficient (Wildman–Crippen LogP) is 7.83. The van der Waals surface area contributed by atoms with E-state index in [4.69, 9.17) is 33.2 Å². The summed E-state index contributed by atoms with van der Waals surface area (Å²) >= 11 is 0. The van der Waals surface area contributed by atoms with Crippen molar-refractivity contribution in [1.82, 2.24) is 14.7 Å². The van der Waals surface area contributed by atoms with Crippen LogP contribution in [0.2, 0.25) is 25.7 Å². The summed E-state index contributed by atoms with van der Waals surface area (Å²) in [4.78, 5) is 63.6. The summed E-state index contributed by atoms with van der Waals surface area (Å²) in [6, 6.07) is 10.5. The second kappa shape index (κ2) is 22.2. The third-order valence-corrected chi connectivity index (χ3v) is 17.0. The van der Waals surface area contributed by atoms with Crippen LogP contribution >= 0.6 is 0 Å². The number of esters is 2. The molecule has 1 aliphatic carbocycles. The Morgan fingerprint density at radius 3 is 2.26 bits per heavy atom. The Hall–Kier alpha value is -2.92. The van der Waals surface area contributed by atoms with Crippen molar-refractivity contribution in [2.45, 2.75) is 180 Å². The minimum atomic E-state index is -1.76. The van der Waals surface area contributed by atoms with Crippen LogP contribution in [0.1, 0.15) is 99.5 Å². The Morgan fingerprint density at radius 1 is 1.00 bits per heavy atom. The number of ketones is 1. The van der Waals surface area contributed by atoms with E-state index in [1.54, 1.807) is 18.9 Å². The molecule has 5 rings (SSSR count). The maximum absolute atomic E-state index is 15.6. The number of methoxy groups -OCH3 is 1. The standard InChI is InChI=1S/C51H85N3O11Si/c1-16-42-51(8)40(27-43(55)65-51)36(5)53(11)29-33(2)28-50(7,59-12)45(35(4)44(56)49(6,47(57)63-42)32-60-24-25-66(13,14)15)64-46-34(3)41(52(9)10)26-39(62-46)30-54(38-22-23-38)48(58)61-31-37-20-18-17-19-21-37/h17-21,33-36,38-42,45-46H,16,22-32H2,1-15H3/t33-,34-,35+,36-,39+,40-,41?,42-,45-,46+,49?,50-,51+/m1/s1. The zero-order chi connectivity index (χ0) is 48.9. The molecule has 2 unspecified atom stereocenters. The molecule has 3 aliphatic heterocycles. The lowest BCUT2D eigenvalue weighted by Crippen LogP contribution is -2.59. The number of cyclic esters (lactones) is 1. The average molecular weight is 944 g/mol. The Bertz CT molecular complexity index is 1790. The number of Topliss-reactive ketones (excluding diaryl/α,β-unsaturated/α-hetero) is 1. The first-order chi connectivity index (χ1) is 30.9. The van der Waals surface area contributed by atoms with Crippen LogP contribution in [0.3, 0.4) is 0 Å². The van der Waals surface area contributed by atoms with Gasteiger partial charge in [0.25, 0.3) is 0 Å². The summed E-state index contributed by atoms with van der Waals surface area (Å²) in [7, 11) is 6.26. The maximum atomic E-state index is 15.6. The molecule has 1 aromatic carbocycles. The van der Waals surface area contributed by atoms with Crippen LogP contribution in [0.5, 0.6) is 0 Å². The normalized spacial score (nSPS) is 36.5. The number of carbonyl (C=O) groups is 4. The van der Waals surface area contributed by atoms with Crippen molar-refractivity contribution in [2.24, 2.45) is 29.1 Å². The molecule has 66 heavy (non-hydrogen) atoms. The van der Waals surface area contributed by atoms with E-state index < -0.39 is 67.0 Å². The first-order valence-electron chi connectivity index (χ1n) is 24.6. The Kier molecular flexibility index (Phi) is 18.2. The van der Waals surface area contributed by atoms with E-state index in [9.17, 15) is 14.4 Å². The molecule has 1 saturated carbocycles. The number of ether oxygens (including phenoxy) is 7. The molecule has 0 aromatic heterocycles. The molecule has 0 radical (unpaired) electrons. The van der Waals surface area contributed by atoms with E-state index in [0.29, 0.717) is 39.0 Å². The largest absolute Gasteiger partial charge is 0.457 e. The van der Waals surface area contributed by atoms with Gasteiger partial charge in [-0.15, -0.1) is 0 Å². The second-order valence-electron chi connectivity index (χ2n) is 22.4. The van der Waals surface area contributed by atoms with E-state index in [1.807, 2.05) is 72.1 Å². The molecule has 3 saturated heterocycles. The molecule has 15 heteroatoms. The van der Waals surface area contributed by atoms with Crippen LogP contribution in [0.15, 0.2) is 30.3 Å². The molecular formula is C51H85N3O11Si. The highest BCUT2D eigenvalue weighted by molar-refractivity contribution is 6.76. The summed E-state index contributed by atoms with van der Waals surface area (Å²) in [5.74, 6) is -2.78. The third-order valence-electron chi connectivity index (χ3n) is 15.3. The third kappa shape index (κ3) is 12.8. The highest BCUT2D eigenvalue weighted by Crippen LogP contribution is 2.45. The first-order valence-corrected chi connectivity index (χ1v) is 28.3. The Labute approximate surface area is 397 Å². The van der Waals surface area contributed by atoms with Gasteiger partial charge in [-0.2, -0.15) is 0 Å². The summed E-state index contributed by atoms with van der Waals surface area (Å²) in [6.45, 7) is 23.7. The molecule has 374 valence electrons. The number of benzene rings is 1. The molecule has 14 nitrogen and oxygen atoms in total. The van der Waals surface area contributed by atoms with Crippen LogP contribution in [-0.2, 0) is 54.1 Å². The van der Waals surface area contributed by atoms with Gasteiger partial charge in [-0.1, -0.05) is 77.7 Å². The van der Waals surface area contributed by atoms with Crippen LogP contribution in [0.25, 0.3) is 0 Å². The van der Waals surface area contributed by atoms with Gasteiger partial charge in [0.15, 0.2) is 17.7 Å². The van der Waals surface area contributed by atoms with Crippen molar-refractivity contribution in [1.29, 1.82) is 0 Å². The van der Waals surface area contributed by atoms with Gasteiger partial charge in [-0.05, 0) is 98.5 Å². The van der Waals surface area contributed by atoms with Gasteiger partial charge in [0, 0.05) is 64.2 Å². The minimum Gasteiger partial charge on any atom is -0.457 e. The summed E-state index contributed by atoms with van der Waals surface area (Å²) < 4.78 is 45.5. The van der Waals surface area contributed by atoms with E-state index in [2.05, 4.69) is 57.3 Å². The number of fused-ring (bicyclic) bond motifs is 1. The van der Waals surface area contributed by atoms with E-state index in [-0.39, 0.29) is 67.6 Å². The number of hydrogen-bond acceptors (Lipinski definition) is 13. The molecule has 4 aliphatic rings. The Balaban J connectivity index is 1.53. The topological polar surface area (TPSA) is 143 Å². The Morgan fingerprint density at radius 2 is 1.67 bits per heavy atom. The monoisotopic (exact) mass is 944 g/mol. The van der Waals surface area contributed by atoms with Crippen molar-refractivity contribution in [3.63, 3.8) is 0 Å². The van der Waals surface area contributed by atoms with Gasteiger partial charge in [0.05, 0.1) is 37.4 Å². The average Bonchev–Trinajstić information content (AvgIpc) is 4.06. The number of hydrogen-bond donors (Lipinski definition) is 0. The lowest BCUT2D eigenvalue weighted by atomic mass is 9.73. The van der Waals surface area contributed by atoms with Gasteiger partial charge in [0.1, 0.15) is 18.1 Å². The summed E-state index contributed by atoms with van der Waals surface area (Å²) in [5.41, 5.74) is -3.02. The van der Waals surface area contributed by atoms with Crippen LogP contribution < -0.4 is 0 Å². The van der Waals surface area contributed by atoms with Gasteiger partial charge in [-0.25, -0.2) is 4.79 Å². The smallest absolute Gasteiger partial charge is 0.410 e. The molecule has 0 N–H and O–H groups in total. The number of amides is 1. The summed E-state index contributed by atoms with van der Waals surface area (Å²) in [5, 5.41) is 0. The molecule has 1 amide bonds. The van der Waals surface area contributed by atoms with Gasteiger partial charge < -0.3 is 47.9 Å². The van der Waals surface area contributed by atoms with Gasteiger partial charge in [-0.3, -0.25) is 14.4 Å². The molecule has 0 spiro atoms. The highest BCUT2D eigenvalue weighted by Gasteiger charge is 2.58. The molecule has 3 heterocycles. The highest BCUT2D eigenvalue weighted by atomic mass is 28.3. The van der Waals surface area contributed by atoms with E-state index in [1.165, 1.54) is 0 Å². The fourth-order valence-electron chi connectivity index (χ4n) is 10.8. The molecule has 0 bridgehead atoms. The number of carbonyl (C=O) groups excluding carboxylic acids is 4. The lowest BCUT2D eigenvalue weighted by molar-refractivity contribution is -0.284. The van der Waals surface area contributed by atoms with Gasteiger partial charge in [0.2, 0.25) is 0 Å². The quantitative estimate of drug-likeness (QED) is 0.0555. The van der Waals surface area contributed by atoms with Crippen molar-refractivity contribution >= 4 is 31.9 Å². The van der Waals surface area contributed by atoms with Crippen LogP contribution in [0, 0.1) is 29.1 Å². The zero-order valence-corrected chi connectivity index (χ0v) is 44.1. The molecule has 13 atom stereocenters. The van der Waals surface area contributed by atoms with Crippen molar-refractivity contribution < 1.29 is 52.3 Å². The number of rotatable bonds is 15. The predicted molar refractivity (Wildman–Crippen MR) is 256 cm³/mol. The van der Waals surface area contributed by atoms with Crippen molar-refractivity contribution in [2.75, 3.05) is 54.6 Å². The van der Waals surface area contributed by atoms with Gasteiger partial charge >= 0.3 is 18.0 Å². The fourth-order valence-corrected chi connectivity index (χ4v) is 11.6. The zero-order valence-electron chi connectivity index (χ0n) is 43.1. The SMILES string of the molecule is CC[C@H]1OC(=O)C(C)(COCC[Si](C)(C)C)C(=O)[C@H](C)[C@@H](O[C@@H]2O[C@H](CN(C(=O)OCc3ccccc3)C3CC3)CC(N(C)C)[C@H]2C)[C@](C)(OC)C[C@@H](C)CN(C)[C@H](C)[C@H]2CC(=O)O[C@@]21C. The van der Waals surface area contributed by atoms with E-state index >= 15 is 4.79 Å². The lowest BCUT2D eigenvalue weighted by Gasteiger charge is -2.48. The maximum Gasteiger partial charge on any atom is 0.410 e. The second-order valence-corrected chi connectivity index (χ2v) is 28.0. The van der Waals surface area contributed by atoms with Crippen LogP contribution in [-0.4, -0.2) is 155 Å². The minimum absolute atomic E-state index is 0.00664. The van der Waals surface area contributed by atoms with Crippen molar-refractivity contribution in [3.05, 3.63) is 35.9 Å². The number of nitrogens with zero attached hydrogens (tertiary/aromatic N) is 3.